The Kier molecular flexibility index (Phi) is 4.70. The minimum Gasteiger partial charge on any atom is -0.323 e. The molecule has 3 aliphatic rings. The van der Waals surface area contributed by atoms with Gasteiger partial charge in [0.15, 0.2) is 0 Å². The van der Waals surface area contributed by atoms with E-state index in [2.05, 4.69) is 0 Å². The van der Waals surface area contributed by atoms with E-state index in [-0.39, 0.29) is 5.66 Å². The van der Waals surface area contributed by atoms with Gasteiger partial charge in [-0.3, -0.25) is 4.79 Å². The summed E-state index contributed by atoms with van der Waals surface area (Å²) in [6.07, 6.45) is 14.7. The first kappa shape index (κ1) is 14.8. The van der Waals surface area contributed by atoms with Crippen molar-refractivity contribution in [1.29, 1.82) is 0 Å². The zero-order valence-electron chi connectivity index (χ0n) is 12.7. The zero-order valence-corrected chi connectivity index (χ0v) is 13.6. The van der Waals surface area contributed by atoms with Gasteiger partial charge in [0.05, 0.1) is 7.14 Å². The summed E-state index contributed by atoms with van der Waals surface area (Å²) in [6, 6.07) is 0. The van der Waals surface area contributed by atoms with Crippen molar-refractivity contribution in [3.63, 3.8) is 0 Å². The molecule has 1 atom stereocenters. The van der Waals surface area contributed by atoms with Crippen LogP contribution in [0.5, 0.6) is 0 Å². The number of carbonyl (C=O) groups excluding carboxylic acids is 1. The van der Waals surface area contributed by atoms with Crippen LogP contribution < -0.4 is 0 Å². The van der Waals surface area contributed by atoms with Gasteiger partial charge in [-0.05, 0) is 32.1 Å². The number of hydrogen-bond acceptors (Lipinski definition) is 2. The maximum Gasteiger partial charge on any atom is 0.133 e. The Hall–Kier alpha value is -0.100. The molecule has 0 aromatic heterocycles. The minimum atomic E-state index is -2.18. The van der Waals surface area contributed by atoms with Gasteiger partial charge in [-0.1, -0.05) is 38.5 Å². The van der Waals surface area contributed by atoms with Gasteiger partial charge in [-0.15, -0.1) is 0 Å². The zero-order chi connectivity index (χ0) is 14.0. The maximum atomic E-state index is 14.1. The first-order chi connectivity index (χ1) is 9.71. The molecule has 0 N–H and O–H groups in total. The molecular formula is C17H29O2P. The molecule has 1 unspecified atom stereocenters. The highest BCUT2D eigenvalue weighted by Crippen LogP contribution is 2.68. The second kappa shape index (κ2) is 6.34. The van der Waals surface area contributed by atoms with Crippen LogP contribution in [0.1, 0.15) is 83.5 Å². The summed E-state index contributed by atoms with van der Waals surface area (Å²) >= 11 is 0. The molecule has 0 spiro atoms. The van der Waals surface area contributed by atoms with Crippen LogP contribution in [0.25, 0.3) is 0 Å². The molecular weight excluding hydrogens is 267 g/mol. The van der Waals surface area contributed by atoms with Crippen molar-refractivity contribution in [3.8, 4) is 0 Å². The smallest absolute Gasteiger partial charge is 0.133 e. The summed E-state index contributed by atoms with van der Waals surface area (Å²) in [7, 11) is -2.18. The molecule has 0 radical (unpaired) electrons. The van der Waals surface area contributed by atoms with Gasteiger partial charge in [0.25, 0.3) is 0 Å². The van der Waals surface area contributed by atoms with Gasteiger partial charge >= 0.3 is 0 Å². The van der Waals surface area contributed by atoms with Gasteiger partial charge in [0, 0.05) is 29.8 Å². The second-order valence-electron chi connectivity index (χ2n) is 7.28. The van der Waals surface area contributed by atoms with E-state index in [1.165, 1.54) is 64.2 Å². The fourth-order valence-corrected chi connectivity index (χ4v) is 10.2. The number of rotatable bonds is 3. The van der Waals surface area contributed by atoms with Crippen LogP contribution in [0.2, 0.25) is 0 Å². The molecule has 3 rings (SSSR count). The molecule has 3 heteroatoms. The Morgan fingerprint density at radius 3 is 1.60 bits per heavy atom. The Balaban J connectivity index is 1.84. The van der Waals surface area contributed by atoms with Gasteiger partial charge in [0.2, 0.25) is 0 Å². The Morgan fingerprint density at radius 2 is 1.20 bits per heavy atom. The molecule has 0 aliphatic heterocycles. The molecule has 3 saturated carbocycles. The first-order valence-corrected chi connectivity index (χ1v) is 10.7. The van der Waals surface area contributed by atoms with E-state index in [0.717, 1.165) is 6.42 Å². The van der Waals surface area contributed by atoms with Gasteiger partial charge < -0.3 is 4.57 Å². The second-order valence-corrected chi connectivity index (χ2v) is 11.0. The molecule has 0 aromatic carbocycles. The fourth-order valence-electron chi connectivity index (χ4n) is 5.00. The SMILES string of the molecule is O=C1CCC(P(=O)(C2CCCCC2)C2CCCCC2)C1. The minimum absolute atomic E-state index is 0.265. The van der Waals surface area contributed by atoms with E-state index < -0.39 is 7.14 Å². The lowest BCUT2D eigenvalue weighted by atomic mass is 9.99. The molecule has 2 nitrogen and oxygen atoms in total. The van der Waals surface area contributed by atoms with Gasteiger partial charge in [0.1, 0.15) is 5.78 Å². The van der Waals surface area contributed by atoms with Crippen LogP contribution in [-0.4, -0.2) is 22.8 Å². The van der Waals surface area contributed by atoms with Crippen molar-refractivity contribution >= 4 is 12.9 Å². The molecule has 0 amide bonds. The van der Waals surface area contributed by atoms with Crippen molar-refractivity contribution in [2.45, 2.75) is 100 Å². The van der Waals surface area contributed by atoms with Crippen LogP contribution in [0.15, 0.2) is 0 Å². The molecule has 3 fully saturated rings. The monoisotopic (exact) mass is 296 g/mol. The van der Waals surface area contributed by atoms with Crippen LogP contribution in [0.3, 0.4) is 0 Å². The van der Waals surface area contributed by atoms with E-state index in [1.54, 1.807) is 0 Å². The van der Waals surface area contributed by atoms with Crippen LogP contribution in [-0.2, 0) is 9.36 Å². The van der Waals surface area contributed by atoms with E-state index in [9.17, 15) is 9.36 Å². The molecule has 3 aliphatic carbocycles. The summed E-state index contributed by atoms with van der Waals surface area (Å²) in [6.45, 7) is 0. The Morgan fingerprint density at radius 1 is 0.700 bits per heavy atom. The summed E-state index contributed by atoms with van der Waals surface area (Å²) in [5, 5.41) is 0. The van der Waals surface area contributed by atoms with Crippen molar-refractivity contribution in [1.82, 2.24) is 0 Å². The summed E-state index contributed by atoms with van der Waals surface area (Å²) < 4.78 is 14.1. The average molecular weight is 296 g/mol. The van der Waals surface area contributed by atoms with Crippen LogP contribution >= 0.6 is 7.14 Å². The Labute approximate surface area is 123 Å². The van der Waals surface area contributed by atoms with E-state index >= 15 is 0 Å². The fraction of sp³-hybridized carbons (Fsp3) is 0.941. The highest BCUT2D eigenvalue weighted by Gasteiger charge is 2.48. The highest BCUT2D eigenvalue weighted by atomic mass is 31.2. The van der Waals surface area contributed by atoms with Crippen LogP contribution in [0, 0.1) is 0 Å². The largest absolute Gasteiger partial charge is 0.323 e. The predicted molar refractivity (Wildman–Crippen MR) is 84.0 cm³/mol. The molecule has 20 heavy (non-hydrogen) atoms. The molecule has 0 heterocycles. The third kappa shape index (κ3) is 2.78. The molecule has 0 aromatic rings. The van der Waals surface area contributed by atoms with Gasteiger partial charge in [-0.2, -0.15) is 0 Å². The standard InChI is InChI=1S/C17H29O2P/c18-14-11-12-17(13-14)20(19,15-7-3-1-4-8-15)16-9-5-2-6-10-16/h15-17H,1-13H2. The number of carbonyl (C=O) groups is 1. The van der Waals surface area contributed by atoms with Crippen LogP contribution in [0.4, 0.5) is 0 Å². The molecule has 0 saturated heterocycles. The van der Waals surface area contributed by atoms with E-state index in [4.69, 9.17) is 0 Å². The number of hydrogen-bond donors (Lipinski definition) is 0. The van der Waals surface area contributed by atoms with Crippen molar-refractivity contribution in [2.75, 3.05) is 0 Å². The Bertz CT molecular complexity index is 370. The quantitative estimate of drug-likeness (QED) is 0.676. The summed E-state index contributed by atoms with van der Waals surface area (Å²) in [5.41, 5.74) is 1.20. The predicted octanol–water partition coefficient (Wildman–Crippen LogP) is 5.14. The van der Waals surface area contributed by atoms with Crippen molar-refractivity contribution in [3.05, 3.63) is 0 Å². The lowest BCUT2D eigenvalue weighted by Crippen LogP contribution is -2.29. The maximum absolute atomic E-state index is 14.1. The normalized spacial score (nSPS) is 30.8. The summed E-state index contributed by atoms with van der Waals surface area (Å²) in [4.78, 5) is 11.7. The third-order valence-corrected chi connectivity index (χ3v) is 11.0. The van der Waals surface area contributed by atoms with E-state index in [0.29, 0.717) is 29.9 Å². The lowest BCUT2D eigenvalue weighted by Gasteiger charge is -2.41. The third-order valence-electron chi connectivity index (χ3n) is 6.08. The van der Waals surface area contributed by atoms with Gasteiger partial charge in [-0.25, -0.2) is 0 Å². The average Bonchev–Trinajstić information content (AvgIpc) is 2.95. The summed E-state index contributed by atoms with van der Waals surface area (Å²) in [5.74, 6) is 0.377. The van der Waals surface area contributed by atoms with Crippen molar-refractivity contribution < 1.29 is 9.36 Å². The number of ketones is 1. The first-order valence-electron chi connectivity index (χ1n) is 8.82. The molecule has 0 bridgehead atoms. The number of Topliss-reactive ketones (excluding diaryl/α,β-unsaturated/α-hetero) is 1. The molecule has 114 valence electrons. The lowest BCUT2D eigenvalue weighted by molar-refractivity contribution is -0.117. The highest BCUT2D eigenvalue weighted by molar-refractivity contribution is 7.66. The van der Waals surface area contributed by atoms with Crippen molar-refractivity contribution in [2.24, 2.45) is 0 Å². The topological polar surface area (TPSA) is 34.1 Å². The van der Waals surface area contributed by atoms with E-state index in [1.807, 2.05) is 0 Å².